The first-order valence-electron chi connectivity index (χ1n) is 7.23. The monoisotopic (exact) mass is 345 g/mol. The molecular formula is C15H24ClN3O2S. The van der Waals surface area contributed by atoms with Gasteiger partial charge in [0.2, 0.25) is 10.0 Å². The Morgan fingerprint density at radius 2 is 1.82 bits per heavy atom. The van der Waals surface area contributed by atoms with Gasteiger partial charge in [-0.25, -0.2) is 13.1 Å². The minimum Gasteiger partial charge on any atom is -0.347 e. The van der Waals surface area contributed by atoms with E-state index in [0.717, 1.165) is 29.6 Å². The predicted molar refractivity (Wildman–Crippen MR) is 93.3 cm³/mol. The lowest BCUT2D eigenvalue weighted by atomic mass is 10.2. The predicted octanol–water partition coefficient (Wildman–Crippen LogP) is 2.19. The number of nitrogens with zero attached hydrogens (tertiary/aromatic N) is 1. The Kier molecular flexibility index (Phi) is 6.87. The highest BCUT2D eigenvalue weighted by Crippen LogP contribution is 2.28. The Hall–Kier alpha value is -1.08. The molecule has 0 unspecified atom stereocenters. The number of aryl methyl sites for hydroxylation is 1. The van der Waals surface area contributed by atoms with Crippen LogP contribution >= 0.6 is 12.4 Å². The number of halogens is 1. The molecule has 0 fully saturated rings. The molecule has 1 aromatic carbocycles. The van der Waals surface area contributed by atoms with Gasteiger partial charge in [0.15, 0.2) is 0 Å². The molecule has 124 valence electrons. The lowest BCUT2D eigenvalue weighted by molar-refractivity contribution is 0.575. The number of hydrogen-bond acceptors (Lipinski definition) is 3. The van der Waals surface area contributed by atoms with Crippen LogP contribution in [0.25, 0.3) is 10.9 Å². The van der Waals surface area contributed by atoms with E-state index in [1.807, 2.05) is 42.8 Å². The van der Waals surface area contributed by atoms with Crippen LogP contribution < -0.4 is 10.0 Å². The third-order valence-electron chi connectivity index (χ3n) is 3.63. The smallest absolute Gasteiger partial charge is 0.243 e. The van der Waals surface area contributed by atoms with Crippen molar-refractivity contribution in [1.82, 2.24) is 14.6 Å². The maximum absolute atomic E-state index is 12.6. The van der Waals surface area contributed by atoms with Gasteiger partial charge in [-0.2, -0.15) is 0 Å². The third kappa shape index (κ3) is 3.81. The zero-order chi connectivity index (χ0) is 15.5. The van der Waals surface area contributed by atoms with Gasteiger partial charge in [-0.1, -0.05) is 25.1 Å². The first kappa shape index (κ1) is 19.0. The van der Waals surface area contributed by atoms with Crippen LogP contribution in [0.1, 0.15) is 19.0 Å². The number of hydrogen-bond donors (Lipinski definition) is 2. The molecule has 2 rings (SSSR count). The van der Waals surface area contributed by atoms with Crippen LogP contribution in [0, 0.1) is 6.92 Å². The topological polar surface area (TPSA) is 63.1 Å². The van der Waals surface area contributed by atoms with E-state index in [-0.39, 0.29) is 12.4 Å². The third-order valence-corrected chi connectivity index (χ3v) is 5.27. The lowest BCUT2D eigenvalue weighted by Gasteiger charge is -2.08. The first-order valence-corrected chi connectivity index (χ1v) is 8.71. The van der Waals surface area contributed by atoms with E-state index in [1.165, 1.54) is 0 Å². The highest BCUT2D eigenvalue weighted by molar-refractivity contribution is 7.89. The molecule has 0 aliphatic carbocycles. The molecule has 0 aliphatic rings. The van der Waals surface area contributed by atoms with Crippen molar-refractivity contribution in [3.05, 3.63) is 30.0 Å². The van der Waals surface area contributed by atoms with Crippen LogP contribution in [-0.2, 0) is 17.1 Å². The summed E-state index contributed by atoms with van der Waals surface area (Å²) in [7, 11) is -1.61. The van der Waals surface area contributed by atoms with Gasteiger partial charge in [0.05, 0.1) is 0 Å². The molecule has 1 heterocycles. The summed E-state index contributed by atoms with van der Waals surface area (Å²) in [5.74, 6) is 0. The summed E-state index contributed by atoms with van der Waals surface area (Å²) < 4.78 is 29.7. The Bertz CT molecular complexity index is 726. The molecule has 1 aromatic heterocycles. The van der Waals surface area contributed by atoms with E-state index >= 15 is 0 Å². The number of nitrogens with one attached hydrogen (secondary N) is 2. The van der Waals surface area contributed by atoms with E-state index in [2.05, 4.69) is 17.0 Å². The number of para-hydroxylation sites is 1. The van der Waals surface area contributed by atoms with Crippen molar-refractivity contribution in [3.8, 4) is 0 Å². The summed E-state index contributed by atoms with van der Waals surface area (Å²) in [5, 5.41) is 3.95. The van der Waals surface area contributed by atoms with Crippen LogP contribution in [0.4, 0.5) is 0 Å². The molecular weight excluding hydrogens is 322 g/mol. The van der Waals surface area contributed by atoms with E-state index in [1.54, 1.807) is 0 Å². The molecule has 2 aromatic rings. The largest absolute Gasteiger partial charge is 0.347 e. The second-order valence-corrected chi connectivity index (χ2v) is 6.84. The summed E-state index contributed by atoms with van der Waals surface area (Å²) in [4.78, 5) is 0.385. The highest BCUT2D eigenvalue weighted by Gasteiger charge is 2.23. The minimum atomic E-state index is -3.49. The Labute approximate surface area is 138 Å². The zero-order valence-corrected chi connectivity index (χ0v) is 14.9. The van der Waals surface area contributed by atoms with E-state index in [0.29, 0.717) is 18.0 Å². The Morgan fingerprint density at radius 1 is 1.14 bits per heavy atom. The van der Waals surface area contributed by atoms with Gasteiger partial charge >= 0.3 is 0 Å². The number of aromatic nitrogens is 1. The van der Waals surface area contributed by atoms with Gasteiger partial charge in [0.1, 0.15) is 4.90 Å². The van der Waals surface area contributed by atoms with Crippen molar-refractivity contribution >= 4 is 33.3 Å². The van der Waals surface area contributed by atoms with E-state index < -0.39 is 10.0 Å². The van der Waals surface area contributed by atoms with Gasteiger partial charge in [-0.05, 0) is 26.0 Å². The molecule has 0 aliphatic heterocycles. The zero-order valence-electron chi connectivity index (χ0n) is 13.2. The molecule has 22 heavy (non-hydrogen) atoms. The number of benzene rings is 1. The summed E-state index contributed by atoms with van der Waals surface area (Å²) in [6.45, 7) is 5.84. The fourth-order valence-electron chi connectivity index (χ4n) is 2.47. The molecule has 7 heteroatoms. The summed E-state index contributed by atoms with van der Waals surface area (Å²) in [5.41, 5.74) is 1.68. The van der Waals surface area contributed by atoms with Crippen LogP contribution in [0.5, 0.6) is 0 Å². The molecule has 5 nitrogen and oxygen atoms in total. The average Bonchev–Trinajstić information content (AvgIpc) is 2.72. The fourth-order valence-corrected chi connectivity index (χ4v) is 3.98. The van der Waals surface area contributed by atoms with Crippen LogP contribution in [0.2, 0.25) is 0 Å². The fraction of sp³-hybridized carbons (Fsp3) is 0.467. The van der Waals surface area contributed by atoms with E-state index in [4.69, 9.17) is 0 Å². The maximum atomic E-state index is 12.6. The first-order chi connectivity index (χ1) is 9.99. The van der Waals surface area contributed by atoms with Crippen LogP contribution in [0.15, 0.2) is 29.2 Å². The lowest BCUT2D eigenvalue weighted by Crippen LogP contribution is -2.32. The van der Waals surface area contributed by atoms with Gasteiger partial charge in [-0.15, -0.1) is 12.4 Å². The molecule has 0 saturated carbocycles. The van der Waals surface area contributed by atoms with Crippen molar-refractivity contribution in [2.75, 3.05) is 19.6 Å². The summed E-state index contributed by atoms with van der Waals surface area (Å²) in [6.07, 6.45) is 1.04. The van der Waals surface area contributed by atoms with Gasteiger partial charge in [0.25, 0.3) is 0 Å². The second-order valence-electron chi connectivity index (χ2n) is 5.14. The Balaban J connectivity index is 0.00000242. The average molecular weight is 346 g/mol. The Morgan fingerprint density at radius 3 is 2.50 bits per heavy atom. The van der Waals surface area contributed by atoms with E-state index in [9.17, 15) is 8.42 Å². The standard InChI is InChI=1S/C15H23N3O2S.ClH/c1-4-9-16-10-11-17-21(19,20)15-12(2)18(3)14-8-6-5-7-13(14)15;/h5-8,16-17H,4,9-11H2,1-3H3;1H. The maximum Gasteiger partial charge on any atom is 0.243 e. The van der Waals surface area contributed by atoms with Gasteiger partial charge in [-0.3, -0.25) is 0 Å². The summed E-state index contributed by atoms with van der Waals surface area (Å²) >= 11 is 0. The van der Waals surface area contributed by atoms with Crippen molar-refractivity contribution < 1.29 is 8.42 Å². The SMILES string of the molecule is CCCNCCNS(=O)(=O)c1c(C)n(C)c2ccccc12.Cl. The molecule has 0 saturated heterocycles. The minimum absolute atomic E-state index is 0. The number of sulfonamides is 1. The van der Waals surface area contributed by atoms with Crippen LogP contribution in [-0.4, -0.2) is 32.6 Å². The summed E-state index contributed by atoms with van der Waals surface area (Å²) in [6, 6.07) is 7.57. The second kappa shape index (κ2) is 7.97. The van der Waals surface area contributed by atoms with Crippen LogP contribution in [0.3, 0.4) is 0 Å². The molecule has 2 N–H and O–H groups in total. The molecule has 0 atom stereocenters. The quantitative estimate of drug-likeness (QED) is 0.756. The number of rotatable bonds is 7. The van der Waals surface area contributed by atoms with Crippen molar-refractivity contribution in [1.29, 1.82) is 0 Å². The van der Waals surface area contributed by atoms with Gasteiger partial charge < -0.3 is 9.88 Å². The number of fused-ring (bicyclic) bond motifs is 1. The van der Waals surface area contributed by atoms with Gasteiger partial charge in [0, 0.05) is 36.7 Å². The molecule has 0 amide bonds. The normalized spacial score (nSPS) is 11.6. The molecule has 0 radical (unpaired) electrons. The van der Waals surface area contributed by atoms with Crippen molar-refractivity contribution in [2.45, 2.75) is 25.2 Å². The van der Waals surface area contributed by atoms with Crippen molar-refractivity contribution in [2.24, 2.45) is 7.05 Å². The molecule has 0 bridgehead atoms. The molecule has 0 spiro atoms. The highest BCUT2D eigenvalue weighted by atomic mass is 35.5. The van der Waals surface area contributed by atoms with Crippen molar-refractivity contribution in [3.63, 3.8) is 0 Å².